The normalized spacial score (nSPS) is 13.5. The zero-order chi connectivity index (χ0) is 22.6. The van der Waals surface area contributed by atoms with Crippen LogP contribution in [-0.4, -0.2) is 28.4 Å². The molecule has 5 rings (SSSR count). The molecular weight excluding hydrogens is 420 g/mol. The number of carbonyl (C=O) groups is 1. The molecule has 1 aromatic heterocycles. The van der Waals surface area contributed by atoms with E-state index in [0.717, 1.165) is 27.7 Å². The second-order valence-corrected chi connectivity index (χ2v) is 7.49. The summed E-state index contributed by atoms with van der Waals surface area (Å²) in [6, 6.07) is 25.0. The molecule has 164 valence electrons. The number of carboxylic acids is 1. The molecule has 0 saturated carbocycles. The van der Waals surface area contributed by atoms with Crippen molar-refractivity contribution in [2.75, 3.05) is 6.61 Å². The average molecular weight is 440 g/mol. The summed E-state index contributed by atoms with van der Waals surface area (Å²) in [7, 11) is 0. The van der Waals surface area contributed by atoms with Crippen LogP contribution in [0.3, 0.4) is 0 Å². The smallest absolute Gasteiger partial charge is 0.344 e. The minimum atomic E-state index is -1.10. The van der Waals surface area contributed by atoms with Gasteiger partial charge in [0.1, 0.15) is 30.4 Å². The van der Waals surface area contributed by atoms with Crippen molar-refractivity contribution in [1.82, 2.24) is 4.98 Å². The number of benzene rings is 3. The van der Waals surface area contributed by atoms with Crippen molar-refractivity contribution in [1.29, 1.82) is 0 Å². The average Bonchev–Trinajstić information content (AvgIpc) is 2.99. The van der Waals surface area contributed by atoms with Crippen LogP contribution in [0.5, 0.6) is 11.5 Å². The van der Waals surface area contributed by atoms with Crippen LogP contribution in [0.25, 0.3) is 10.9 Å². The number of fused-ring (bicyclic) bond motifs is 3. The quantitative estimate of drug-likeness (QED) is 0.442. The third kappa shape index (κ3) is 4.48. The SMILES string of the molecule is O=C(O)CON=C1c2ccccc2COc2ccc(OCc3ccc4ccccc4n3)cc21. The number of rotatable bonds is 6. The Bertz CT molecular complexity index is 1370. The summed E-state index contributed by atoms with van der Waals surface area (Å²) >= 11 is 0. The van der Waals surface area contributed by atoms with Gasteiger partial charge in [0.25, 0.3) is 0 Å². The fraction of sp³-hybridized carbons (Fsp3) is 0.115. The number of carboxylic acid groups (broad SMARTS) is 1. The molecule has 1 aliphatic rings. The molecule has 0 unspecified atom stereocenters. The first kappa shape index (κ1) is 20.5. The van der Waals surface area contributed by atoms with Gasteiger partial charge in [0.15, 0.2) is 0 Å². The minimum Gasteiger partial charge on any atom is -0.488 e. The highest BCUT2D eigenvalue weighted by atomic mass is 16.6. The van der Waals surface area contributed by atoms with Crippen LogP contribution in [0.2, 0.25) is 0 Å². The van der Waals surface area contributed by atoms with Gasteiger partial charge in [0.2, 0.25) is 6.61 Å². The highest BCUT2D eigenvalue weighted by Crippen LogP contribution is 2.32. The summed E-state index contributed by atoms with van der Waals surface area (Å²) in [6.07, 6.45) is 0. The van der Waals surface area contributed by atoms with E-state index in [9.17, 15) is 4.79 Å². The van der Waals surface area contributed by atoms with Crippen molar-refractivity contribution < 1.29 is 24.2 Å². The Morgan fingerprint density at radius 1 is 1.00 bits per heavy atom. The zero-order valence-electron chi connectivity index (χ0n) is 17.6. The van der Waals surface area contributed by atoms with E-state index in [0.29, 0.717) is 36.0 Å². The summed E-state index contributed by atoms with van der Waals surface area (Å²) in [5, 5.41) is 14.2. The second-order valence-electron chi connectivity index (χ2n) is 7.49. The van der Waals surface area contributed by atoms with E-state index >= 15 is 0 Å². The van der Waals surface area contributed by atoms with E-state index in [4.69, 9.17) is 19.4 Å². The van der Waals surface area contributed by atoms with Crippen molar-refractivity contribution in [3.8, 4) is 11.5 Å². The van der Waals surface area contributed by atoms with Crippen LogP contribution in [0.4, 0.5) is 0 Å². The molecule has 1 N–H and O–H groups in total. The summed E-state index contributed by atoms with van der Waals surface area (Å²) in [5.41, 5.74) is 4.62. The van der Waals surface area contributed by atoms with E-state index in [1.54, 1.807) is 0 Å². The molecule has 0 spiro atoms. The van der Waals surface area contributed by atoms with E-state index in [-0.39, 0.29) is 0 Å². The Balaban J connectivity index is 1.45. The first-order valence-electron chi connectivity index (χ1n) is 10.4. The number of aromatic nitrogens is 1. The monoisotopic (exact) mass is 440 g/mol. The van der Waals surface area contributed by atoms with Gasteiger partial charge in [-0.15, -0.1) is 0 Å². The van der Waals surface area contributed by atoms with Crippen molar-refractivity contribution in [2.24, 2.45) is 5.16 Å². The van der Waals surface area contributed by atoms with Gasteiger partial charge in [0, 0.05) is 16.5 Å². The predicted octanol–water partition coefficient (Wildman–Crippen LogP) is 4.56. The minimum absolute atomic E-state index is 0.295. The standard InChI is InChI=1S/C26H20N2O5/c29-25(30)16-33-28-26-21-7-3-1-6-18(21)14-32-24-12-11-20(13-22(24)26)31-15-19-10-9-17-5-2-4-8-23(17)27-19/h1-13H,14-16H2,(H,29,30). The molecule has 7 nitrogen and oxygen atoms in total. The molecule has 0 saturated heterocycles. The van der Waals surface area contributed by atoms with Crippen molar-refractivity contribution in [2.45, 2.75) is 13.2 Å². The maximum absolute atomic E-state index is 10.9. The lowest BCUT2D eigenvalue weighted by molar-refractivity contribution is -0.142. The molecular formula is C26H20N2O5. The Hall–Kier alpha value is -4.39. The summed E-state index contributed by atoms with van der Waals surface area (Å²) in [4.78, 5) is 20.7. The molecule has 0 fully saturated rings. The molecule has 4 aromatic rings. The number of pyridine rings is 1. The highest BCUT2D eigenvalue weighted by molar-refractivity contribution is 6.15. The highest BCUT2D eigenvalue weighted by Gasteiger charge is 2.22. The van der Waals surface area contributed by atoms with Gasteiger partial charge >= 0.3 is 5.97 Å². The van der Waals surface area contributed by atoms with E-state index < -0.39 is 12.6 Å². The number of para-hydroxylation sites is 1. The van der Waals surface area contributed by atoms with Crippen LogP contribution in [0.15, 0.2) is 84.0 Å². The second kappa shape index (κ2) is 9.00. The molecule has 0 bridgehead atoms. The van der Waals surface area contributed by atoms with Gasteiger partial charge in [0.05, 0.1) is 11.2 Å². The van der Waals surface area contributed by atoms with Crippen molar-refractivity contribution in [3.05, 3.63) is 101 Å². The first-order valence-corrected chi connectivity index (χ1v) is 10.4. The summed E-state index contributed by atoms with van der Waals surface area (Å²) < 4.78 is 12.0. The maximum Gasteiger partial charge on any atom is 0.344 e. The fourth-order valence-electron chi connectivity index (χ4n) is 3.68. The number of aliphatic carboxylic acids is 1. The van der Waals surface area contributed by atoms with Crippen LogP contribution in [0.1, 0.15) is 22.4 Å². The maximum atomic E-state index is 10.9. The predicted molar refractivity (Wildman–Crippen MR) is 123 cm³/mol. The number of hydrogen-bond donors (Lipinski definition) is 1. The molecule has 0 atom stereocenters. The molecule has 1 aliphatic heterocycles. The molecule has 0 amide bonds. The molecule has 0 aliphatic carbocycles. The lowest BCUT2D eigenvalue weighted by Crippen LogP contribution is -2.09. The summed E-state index contributed by atoms with van der Waals surface area (Å²) in [5.74, 6) is 0.121. The van der Waals surface area contributed by atoms with Gasteiger partial charge in [-0.3, -0.25) is 0 Å². The van der Waals surface area contributed by atoms with Gasteiger partial charge in [-0.05, 0) is 35.9 Å². The Morgan fingerprint density at radius 2 is 1.85 bits per heavy atom. The summed E-state index contributed by atoms with van der Waals surface area (Å²) in [6.45, 7) is 0.122. The topological polar surface area (TPSA) is 90.2 Å². The van der Waals surface area contributed by atoms with E-state index in [1.807, 2.05) is 78.9 Å². The van der Waals surface area contributed by atoms with Gasteiger partial charge in [-0.1, -0.05) is 53.7 Å². The zero-order valence-corrected chi connectivity index (χ0v) is 17.6. The number of ether oxygens (including phenoxy) is 2. The number of hydrogen-bond acceptors (Lipinski definition) is 6. The Labute approximate surface area is 189 Å². The van der Waals surface area contributed by atoms with E-state index in [2.05, 4.69) is 10.1 Å². The molecule has 3 aromatic carbocycles. The van der Waals surface area contributed by atoms with Crippen LogP contribution >= 0.6 is 0 Å². The Morgan fingerprint density at radius 3 is 2.76 bits per heavy atom. The number of nitrogens with zero attached hydrogens (tertiary/aromatic N) is 2. The van der Waals surface area contributed by atoms with Crippen molar-refractivity contribution >= 4 is 22.6 Å². The fourth-order valence-corrected chi connectivity index (χ4v) is 3.68. The molecule has 33 heavy (non-hydrogen) atoms. The van der Waals surface area contributed by atoms with Crippen LogP contribution < -0.4 is 9.47 Å². The number of oxime groups is 1. The molecule has 7 heteroatoms. The Kier molecular flexibility index (Phi) is 5.59. The van der Waals surface area contributed by atoms with Gasteiger partial charge in [-0.25, -0.2) is 9.78 Å². The molecule has 2 heterocycles. The largest absolute Gasteiger partial charge is 0.488 e. The van der Waals surface area contributed by atoms with Gasteiger partial charge in [-0.2, -0.15) is 0 Å². The van der Waals surface area contributed by atoms with E-state index in [1.165, 1.54) is 0 Å². The lowest BCUT2D eigenvalue weighted by atomic mass is 9.98. The van der Waals surface area contributed by atoms with Gasteiger partial charge < -0.3 is 19.4 Å². The third-order valence-corrected chi connectivity index (χ3v) is 5.25. The lowest BCUT2D eigenvalue weighted by Gasteiger charge is -2.12. The van der Waals surface area contributed by atoms with Crippen molar-refractivity contribution in [3.63, 3.8) is 0 Å². The first-order chi connectivity index (χ1) is 16.2. The van der Waals surface area contributed by atoms with Crippen LogP contribution in [-0.2, 0) is 22.8 Å². The molecule has 0 radical (unpaired) electrons. The third-order valence-electron chi connectivity index (χ3n) is 5.25. The van der Waals surface area contributed by atoms with Crippen LogP contribution in [0, 0.1) is 0 Å².